The van der Waals surface area contributed by atoms with E-state index >= 15 is 0 Å². The predicted molar refractivity (Wildman–Crippen MR) is 39.7 cm³/mol. The molecule has 0 aromatic carbocycles. The van der Waals surface area contributed by atoms with E-state index in [1.807, 2.05) is 6.26 Å². The molecule has 5 nitrogen and oxygen atoms in total. The molecule has 0 saturated carbocycles. The average Bonchev–Trinajstić information content (AvgIpc) is 2.31. The van der Waals surface area contributed by atoms with Crippen molar-refractivity contribution < 1.29 is 9.90 Å². The lowest BCUT2D eigenvalue weighted by atomic mass is 10.7. The molecule has 1 heterocycles. The molecule has 0 aliphatic carbocycles. The quantitative estimate of drug-likeness (QED) is 0.648. The zero-order valence-electron chi connectivity index (χ0n) is 6.11. The maximum atomic E-state index is 10.3. The number of carboxylic acids is 1. The molecule has 0 aliphatic rings. The zero-order valence-corrected chi connectivity index (χ0v) is 6.92. The van der Waals surface area contributed by atoms with Gasteiger partial charge in [0.25, 0.3) is 5.82 Å². The van der Waals surface area contributed by atoms with E-state index in [2.05, 4.69) is 10.1 Å². The minimum absolute atomic E-state index is 0.156. The molecule has 1 N–H and O–H groups in total. The van der Waals surface area contributed by atoms with Crippen molar-refractivity contribution >= 4 is 17.7 Å². The molecule has 0 unspecified atom stereocenters. The normalized spacial score (nSPS) is 10.0. The predicted octanol–water partition coefficient (Wildman–Crippen LogP) is 0.235. The van der Waals surface area contributed by atoms with Crippen LogP contribution in [0, 0.1) is 0 Å². The molecule has 60 valence electrons. The first-order valence-electron chi connectivity index (χ1n) is 2.83. The Kier molecular flexibility index (Phi) is 2.13. The Morgan fingerprint density at radius 3 is 2.64 bits per heavy atom. The molecule has 11 heavy (non-hydrogen) atoms. The largest absolute Gasteiger partial charge is 0.475 e. The summed E-state index contributed by atoms with van der Waals surface area (Å²) in [6.45, 7) is 0. The van der Waals surface area contributed by atoms with Gasteiger partial charge in [0, 0.05) is 7.05 Å². The molecule has 0 aliphatic heterocycles. The van der Waals surface area contributed by atoms with Crippen molar-refractivity contribution in [2.24, 2.45) is 7.05 Å². The van der Waals surface area contributed by atoms with Gasteiger partial charge in [-0.2, -0.15) is 4.98 Å². The molecule has 1 aromatic heterocycles. The van der Waals surface area contributed by atoms with Crippen molar-refractivity contribution in [2.45, 2.75) is 5.16 Å². The topological polar surface area (TPSA) is 68.0 Å². The lowest BCUT2D eigenvalue weighted by molar-refractivity contribution is 0.0683. The fourth-order valence-corrected chi connectivity index (χ4v) is 1.12. The summed E-state index contributed by atoms with van der Waals surface area (Å²) in [5.74, 6) is -1.25. The van der Waals surface area contributed by atoms with Crippen molar-refractivity contribution in [3.05, 3.63) is 5.82 Å². The highest BCUT2D eigenvalue weighted by Crippen LogP contribution is 2.09. The van der Waals surface area contributed by atoms with Gasteiger partial charge in [-0.25, -0.2) is 9.48 Å². The van der Waals surface area contributed by atoms with Gasteiger partial charge in [0.1, 0.15) is 0 Å². The Balaban J connectivity index is 3.05. The number of aromatic carboxylic acids is 1. The minimum atomic E-state index is -1.10. The Hall–Kier alpha value is -1.04. The summed E-state index contributed by atoms with van der Waals surface area (Å²) in [5.41, 5.74) is 0. The first-order valence-corrected chi connectivity index (χ1v) is 4.06. The summed E-state index contributed by atoms with van der Waals surface area (Å²) in [5, 5.41) is 12.7. The van der Waals surface area contributed by atoms with E-state index in [1.165, 1.54) is 16.4 Å². The number of hydrogen-bond donors (Lipinski definition) is 1. The van der Waals surface area contributed by atoms with Crippen LogP contribution in [0.1, 0.15) is 10.6 Å². The SMILES string of the molecule is CSc1nc(C(=O)O)nn1C. The van der Waals surface area contributed by atoms with Gasteiger partial charge in [-0.15, -0.1) is 5.10 Å². The van der Waals surface area contributed by atoms with E-state index in [-0.39, 0.29) is 5.82 Å². The van der Waals surface area contributed by atoms with Crippen LogP contribution in [0.3, 0.4) is 0 Å². The number of hydrogen-bond acceptors (Lipinski definition) is 4. The third kappa shape index (κ3) is 1.51. The number of carbonyl (C=O) groups is 1. The lowest BCUT2D eigenvalue weighted by Gasteiger charge is -1.89. The molecule has 1 rings (SSSR count). The second kappa shape index (κ2) is 2.91. The van der Waals surface area contributed by atoms with E-state index in [1.54, 1.807) is 7.05 Å². The highest BCUT2D eigenvalue weighted by atomic mass is 32.2. The summed E-state index contributed by atoms with van der Waals surface area (Å²) < 4.78 is 1.44. The monoisotopic (exact) mass is 173 g/mol. The molecular weight excluding hydrogens is 166 g/mol. The molecule has 6 heteroatoms. The number of rotatable bonds is 2. The van der Waals surface area contributed by atoms with E-state index in [9.17, 15) is 4.79 Å². The van der Waals surface area contributed by atoms with Crippen molar-refractivity contribution in [1.29, 1.82) is 0 Å². The van der Waals surface area contributed by atoms with Crippen molar-refractivity contribution in [1.82, 2.24) is 14.8 Å². The zero-order chi connectivity index (χ0) is 8.43. The standard InChI is InChI=1S/C5H7N3O2S/c1-8-5(11-2)6-3(7-8)4(9)10/h1-2H3,(H,9,10). The van der Waals surface area contributed by atoms with Crippen LogP contribution in [0.2, 0.25) is 0 Å². The third-order valence-corrected chi connectivity index (χ3v) is 1.82. The molecule has 1 aromatic rings. The van der Waals surface area contributed by atoms with E-state index < -0.39 is 5.97 Å². The summed E-state index contributed by atoms with van der Waals surface area (Å²) in [6, 6.07) is 0. The van der Waals surface area contributed by atoms with E-state index in [4.69, 9.17) is 5.11 Å². The van der Waals surface area contributed by atoms with Crippen LogP contribution < -0.4 is 0 Å². The molecule has 0 spiro atoms. The second-order valence-corrected chi connectivity index (χ2v) is 2.62. The fourth-order valence-electron chi connectivity index (χ4n) is 0.639. The first kappa shape index (κ1) is 8.06. The molecule has 0 fully saturated rings. The Labute approximate surface area is 67.4 Å². The minimum Gasteiger partial charge on any atom is -0.475 e. The Morgan fingerprint density at radius 1 is 1.73 bits per heavy atom. The van der Waals surface area contributed by atoms with Crippen LogP contribution in [0.15, 0.2) is 5.16 Å². The van der Waals surface area contributed by atoms with Gasteiger partial charge in [-0.3, -0.25) is 0 Å². The number of carboxylic acid groups (broad SMARTS) is 1. The smallest absolute Gasteiger partial charge is 0.375 e. The summed E-state index contributed by atoms with van der Waals surface area (Å²) in [7, 11) is 1.66. The number of aromatic nitrogens is 3. The lowest BCUT2D eigenvalue weighted by Crippen LogP contribution is -2.00. The molecule has 0 bridgehead atoms. The number of nitrogens with zero attached hydrogens (tertiary/aromatic N) is 3. The van der Waals surface area contributed by atoms with Gasteiger partial charge in [-0.1, -0.05) is 11.8 Å². The van der Waals surface area contributed by atoms with Gasteiger partial charge in [0.05, 0.1) is 0 Å². The average molecular weight is 173 g/mol. The summed E-state index contributed by atoms with van der Waals surface area (Å²) >= 11 is 1.36. The van der Waals surface area contributed by atoms with Gasteiger partial charge in [-0.05, 0) is 6.26 Å². The summed E-state index contributed by atoms with van der Waals surface area (Å²) in [6.07, 6.45) is 1.82. The molecule has 0 atom stereocenters. The van der Waals surface area contributed by atoms with Crippen LogP contribution in [0.25, 0.3) is 0 Å². The number of thioether (sulfide) groups is 1. The van der Waals surface area contributed by atoms with Crippen LogP contribution in [0.5, 0.6) is 0 Å². The Morgan fingerprint density at radius 2 is 2.36 bits per heavy atom. The molecule has 0 radical (unpaired) electrons. The van der Waals surface area contributed by atoms with Gasteiger partial charge in [0.15, 0.2) is 5.16 Å². The number of aryl methyl sites for hydroxylation is 1. The van der Waals surface area contributed by atoms with Crippen molar-refractivity contribution in [2.75, 3.05) is 6.26 Å². The molecule has 0 saturated heterocycles. The van der Waals surface area contributed by atoms with Crippen LogP contribution in [0.4, 0.5) is 0 Å². The first-order chi connectivity index (χ1) is 5.15. The van der Waals surface area contributed by atoms with Crippen LogP contribution in [-0.2, 0) is 7.05 Å². The Bertz CT molecular complexity index is 283. The maximum Gasteiger partial charge on any atom is 0.375 e. The molecule has 0 amide bonds. The molecular formula is C5H7N3O2S. The van der Waals surface area contributed by atoms with Crippen LogP contribution in [-0.4, -0.2) is 32.1 Å². The van der Waals surface area contributed by atoms with E-state index in [0.717, 1.165) is 0 Å². The highest BCUT2D eigenvalue weighted by Gasteiger charge is 2.11. The summed E-state index contributed by atoms with van der Waals surface area (Å²) in [4.78, 5) is 14.1. The van der Waals surface area contributed by atoms with Crippen molar-refractivity contribution in [3.63, 3.8) is 0 Å². The highest BCUT2D eigenvalue weighted by molar-refractivity contribution is 7.98. The van der Waals surface area contributed by atoms with Gasteiger partial charge < -0.3 is 5.11 Å². The van der Waals surface area contributed by atoms with Gasteiger partial charge in [0.2, 0.25) is 0 Å². The maximum absolute atomic E-state index is 10.3. The van der Waals surface area contributed by atoms with Crippen LogP contribution >= 0.6 is 11.8 Å². The second-order valence-electron chi connectivity index (χ2n) is 1.85. The van der Waals surface area contributed by atoms with Crippen molar-refractivity contribution in [3.8, 4) is 0 Å². The van der Waals surface area contributed by atoms with Gasteiger partial charge >= 0.3 is 5.97 Å². The van der Waals surface area contributed by atoms with E-state index in [0.29, 0.717) is 5.16 Å². The fraction of sp³-hybridized carbons (Fsp3) is 0.400. The third-order valence-electron chi connectivity index (χ3n) is 1.10.